The van der Waals surface area contributed by atoms with Gasteiger partial charge >= 0.3 is 0 Å². The predicted molar refractivity (Wildman–Crippen MR) is 109 cm³/mol. The summed E-state index contributed by atoms with van der Waals surface area (Å²) in [4.78, 5) is 2.49. The van der Waals surface area contributed by atoms with Crippen LogP contribution in [-0.4, -0.2) is 20.8 Å². The molecule has 132 valence electrons. The zero-order chi connectivity index (χ0) is 18.2. The summed E-state index contributed by atoms with van der Waals surface area (Å²) in [6.07, 6.45) is 0. The molecule has 2 aliphatic rings. The van der Waals surface area contributed by atoms with Gasteiger partial charge in [-0.1, -0.05) is 52.8 Å². The van der Waals surface area contributed by atoms with Crippen molar-refractivity contribution in [2.75, 3.05) is 25.7 Å². The summed E-state index contributed by atoms with van der Waals surface area (Å²) in [7, 11) is 4.65. The van der Waals surface area contributed by atoms with E-state index in [4.69, 9.17) is 0 Å². The Hall–Kier alpha value is -1.80. The van der Waals surface area contributed by atoms with Gasteiger partial charge < -0.3 is 0 Å². The average Bonchev–Trinajstić information content (AvgIpc) is 2.90. The molecule has 0 aromatic heterocycles. The van der Waals surface area contributed by atoms with Crippen LogP contribution in [0.4, 0.5) is 17.1 Å². The molecule has 25 heavy (non-hydrogen) atoms. The molecular weight excluding hydrogens is 304 g/mol. The highest BCUT2D eigenvalue weighted by atomic mass is 15.5. The standard InChI is InChI=1S/C23H31N2/c1-16-18-13-20-21(14-19(18)23(4,5)22(16,2)3)25(6,7)15-24(20)17-11-9-8-10-12-17/h8-14,16H,15H2,1-7H3/q+1. The molecular formula is C23H31N2+. The summed E-state index contributed by atoms with van der Waals surface area (Å²) < 4.78 is 0.905. The van der Waals surface area contributed by atoms with Gasteiger partial charge in [-0.2, -0.15) is 0 Å². The number of nitrogens with zero attached hydrogens (tertiary/aromatic N) is 2. The SMILES string of the molecule is CC1c2cc3c(cc2C(C)(C)C1(C)C)[N+](C)(C)CN3c1ccccc1. The van der Waals surface area contributed by atoms with E-state index in [1.165, 1.54) is 22.6 Å². The molecule has 1 heterocycles. The number of hydrogen-bond acceptors (Lipinski definition) is 1. The van der Waals surface area contributed by atoms with Crippen LogP contribution in [0.15, 0.2) is 42.5 Å². The third-order valence-corrected chi connectivity index (χ3v) is 7.49. The third kappa shape index (κ3) is 2.07. The van der Waals surface area contributed by atoms with Crippen molar-refractivity contribution in [2.45, 2.75) is 46.0 Å². The van der Waals surface area contributed by atoms with Crippen LogP contribution < -0.4 is 9.38 Å². The monoisotopic (exact) mass is 335 g/mol. The van der Waals surface area contributed by atoms with Crippen molar-refractivity contribution >= 4 is 17.1 Å². The molecule has 0 spiro atoms. The Morgan fingerprint density at radius 3 is 2.28 bits per heavy atom. The number of benzene rings is 2. The molecule has 4 rings (SSSR count). The third-order valence-electron chi connectivity index (χ3n) is 7.49. The summed E-state index contributed by atoms with van der Waals surface area (Å²) in [6.45, 7) is 13.1. The van der Waals surface area contributed by atoms with Crippen LogP contribution in [0.25, 0.3) is 0 Å². The van der Waals surface area contributed by atoms with Gasteiger partial charge in [0.1, 0.15) is 5.69 Å². The molecule has 2 aromatic rings. The van der Waals surface area contributed by atoms with Crippen LogP contribution in [-0.2, 0) is 5.41 Å². The molecule has 2 nitrogen and oxygen atoms in total. The van der Waals surface area contributed by atoms with Crippen LogP contribution in [0.2, 0.25) is 0 Å². The number of hydrogen-bond donors (Lipinski definition) is 0. The van der Waals surface area contributed by atoms with E-state index in [1.54, 1.807) is 5.56 Å². The van der Waals surface area contributed by atoms with Gasteiger partial charge in [0.25, 0.3) is 0 Å². The minimum absolute atomic E-state index is 0.191. The average molecular weight is 336 g/mol. The Morgan fingerprint density at radius 1 is 1.00 bits per heavy atom. The summed E-state index contributed by atoms with van der Waals surface area (Å²) in [5.74, 6) is 0.566. The molecule has 1 unspecified atom stereocenters. The summed E-state index contributed by atoms with van der Waals surface area (Å²) in [5.41, 5.74) is 7.66. The van der Waals surface area contributed by atoms with Crippen molar-refractivity contribution < 1.29 is 0 Å². The molecule has 1 aliphatic heterocycles. The fourth-order valence-corrected chi connectivity index (χ4v) is 4.81. The van der Waals surface area contributed by atoms with E-state index in [0.29, 0.717) is 5.92 Å². The van der Waals surface area contributed by atoms with Crippen LogP contribution in [0.3, 0.4) is 0 Å². The zero-order valence-electron chi connectivity index (χ0n) is 16.7. The largest absolute Gasteiger partial charge is 0.288 e. The molecule has 0 radical (unpaired) electrons. The molecule has 2 aromatic carbocycles. The Kier molecular flexibility index (Phi) is 3.25. The molecule has 0 saturated heterocycles. The van der Waals surface area contributed by atoms with Gasteiger partial charge in [-0.15, -0.1) is 0 Å². The van der Waals surface area contributed by atoms with Gasteiger partial charge in [0.15, 0.2) is 12.4 Å². The van der Waals surface area contributed by atoms with Gasteiger partial charge in [-0.3, -0.25) is 9.38 Å². The van der Waals surface area contributed by atoms with Gasteiger partial charge in [-0.25, -0.2) is 0 Å². The fourth-order valence-electron chi connectivity index (χ4n) is 4.81. The van der Waals surface area contributed by atoms with Crippen LogP contribution >= 0.6 is 0 Å². The summed E-state index contributed by atoms with van der Waals surface area (Å²) >= 11 is 0. The van der Waals surface area contributed by atoms with Gasteiger partial charge in [0.05, 0.1) is 14.1 Å². The minimum Gasteiger partial charge on any atom is -0.288 e. The van der Waals surface area contributed by atoms with Crippen molar-refractivity contribution in [3.8, 4) is 0 Å². The van der Waals surface area contributed by atoms with Crippen molar-refractivity contribution in [3.63, 3.8) is 0 Å². The van der Waals surface area contributed by atoms with Gasteiger partial charge in [0.2, 0.25) is 0 Å². The molecule has 0 bridgehead atoms. The fraction of sp³-hybridized carbons (Fsp3) is 0.478. The first-order valence-electron chi connectivity index (χ1n) is 9.42. The first-order valence-corrected chi connectivity index (χ1v) is 9.42. The maximum absolute atomic E-state index is 2.51. The Morgan fingerprint density at radius 2 is 1.64 bits per heavy atom. The Bertz CT molecular complexity index is 831. The number of para-hydroxylation sites is 1. The minimum atomic E-state index is 0.191. The van der Waals surface area contributed by atoms with E-state index in [0.717, 1.165) is 11.2 Å². The maximum atomic E-state index is 2.51. The molecule has 0 saturated carbocycles. The highest BCUT2D eigenvalue weighted by Gasteiger charge is 2.52. The second-order valence-electron chi connectivity index (χ2n) is 9.59. The number of quaternary nitrogens is 1. The number of fused-ring (bicyclic) bond motifs is 2. The maximum Gasteiger partial charge on any atom is 0.163 e. The molecule has 1 aliphatic carbocycles. The Balaban J connectivity index is 1.94. The topological polar surface area (TPSA) is 3.24 Å². The van der Waals surface area contributed by atoms with E-state index in [-0.39, 0.29) is 10.8 Å². The van der Waals surface area contributed by atoms with Crippen molar-refractivity contribution in [3.05, 3.63) is 53.6 Å². The van der Waals surface area contributed by atoms with E-state index in [9.17, 15) is 0 Å². The van der Waals surface area contributed by atoms with Gasteiger partial charge in [-0.05, 0) is 46.1 Å². The van der Waals surface area contributed by atoms with E-state index >= 15 is 0 Å². The molecule has 1 atom stereocenters. The lowest BCUT2D eigenvalue weighted by atomic mass is 9.65. The zero-order valence-corrected chi connectivity index (χ0v) is 16.7. The van der Waals surface area contributed by atoms with Crippen LogP contribution in [0.1, 0.15) is 51.7 Å². The highest BCUT2D eigenvalue weighted by Crippen LogP contribution is 2.61. The normalized spacial score (nSPS) is 24.9. The van der Waals surface area contributed by atoms with Crippen molar-refractivity contribution in [2.24, 2.45) is 5.41 Å². The van der Waals surface area contributed by atoms with E-state index < -0.39 is 0 Å². The lowest BCUT2D eigenvalue weighted by Gasteiger charge is -2.38. The van der Waals surface area contributed by atoms with E-state index in [2.05, 4.69) is 96.1 Å². The quantitative estimate of drug-likeness (QED) is 0.597. The molecule has 2 heteroatoms. The van der Waals surface area contributed by atoms with Crippen molar-refractivity contribution in [1.82, 2.24) is 4.48 Å². The van der Waals surface area contributed by atoms with Crippen LogP contribution in [0.5, 0.6) is 0 Å². The van der Waals surface area contributed by atoms with E-state index in [1.807, 2.05) is 0 Å². The van der Waals surface area contributed by atoms with Crippen LogP contribution in [0, 0.1) is 5.41 Å². The van der Waals surface area contributed by atoms with Crippen molar-refractivity contribution in [1.29, 1.82) is 0 Å². The highest BCUT2D eigenvalue weighted by molar-refractivity contribution is 5.82. The lowest BCUT2D eigenvalue weighted by molar-refractivity contribution is 0.190. The predicted octanol–water partition coefficient (Wildman–Crippen LogP) is 5.78. The van der Waals surface area contributed by atoms with Gasteiger partial charge in [0, 0.05) is 11.8 Å². The summed E-state index contributed by atoms with van der Waals surface area (Å²) in [5, 5.41) is 0. The molecule has 0 fully saturated rings. The molecule has 0 amide bonds. The number of anilines is 2. The summed E-state index contributed by atoms with van der Waals surface area (Å²) in [6, 6.07) is 15.8. The smallest absolute Gasteiger partial charge is 0.163 e. The lowest BCUT2D eigenvalue weighted by Crippen LogP contribution is -2.42. The Labute approximate surface area is 152 Å². The first-order chi connectivity index (χ1) is 11.6. The second-order valence-corrected chi connectivity index (χ2v) is 9.59. The molecule has 0 N–H and O–H groups in total. The second kappa shape index (κ2) is 4.88. The number of rotatable bonds is 1. The first kappa shape index (κ1) is 16.7.